The molecule has 5 rings (SSSR count). The molecule has 0 amide bonds. The van der Waals surface area contributed by atoms with Crippen LogP contribution in [0.2, 0.25) is 0 Å². The van der Waals surface area contributed by atoms with Crippen molar-refractivity contribution in [2.45, 2.75) is 36.6 Å². The SMILES string of the molecule is N=[S-](=O)c1cnc(N2CCC(CN3CCC[C@H]3c3ccc4c(c3)OCCO4)CC2)nc1. The molecule has 3 aliphatic rings. The number of anilines is 1. The number of ether oxygens (including phenoxy) is 2. The van der Waals surface area contributed by atoms with Gasteiger partial charge in [0.15, 0.2) is 11.5 Å². The van der Waals surface area contributed by atoms with Crippen LogP contribution in [0.4, 0.5) is 5.95 Å². The van der Waals surface area contributed by atoms with Gasteiger partial charge in [-0.05, 0) is 55.8 Å². The molecule has 0 saturated carbocycles. The minimum absolute atomic E-state index is 0.345. The Balaban J connectivity index is 1.19. The van der Waals surface area contributed by atoms with Crippen molar-refractivity contribution < 1.29 is 13.7 Å². The molecule has 2 fully saturated rings. The fraction of sp³-hybridized carbons (Fsp3) is 0.545. The van der Waals surface area contributed by atoms with E-state index in [9.17, 15) is 4.21 Å². The molecular weight excluding hydrogens is 414 g/mol. The number of piperidine rings is 1. The molecule has 31 heavy (non-hydrogen) atoms. The summed E-state index contributed by atoms with van der Waals surface area (Å²) in [4.78, 5) is 13.8. The summed E-state index contributed by atoms with van der Waals surface area (Å²) in [7, 11) is -1.79. The summed E-state index contributed by atoms with van der Waals surface area (Å²) in [6.45, 7) is 5.36. The number of fused-ring (bicyclic) bond motifs is 1. The van der Waals surface area contributed by atoms with Crippen LogP contribution in [-0.2, 0) is 14.8 Å². The van der Waals surface area contributed by atoms with Gasteiger partial charge in [-0.15, -0.1) is 0 Å². The molecule has 2 aromatic rings. The molecule has 8 nitrogen and oxygen atoms in total. The summed E-state index contributed by atoms with van der Waals surface area (Å²) in [6, 6.07) is 6.88. The minimum atomic E-state index is -1.79. The first-order valence-corrected chi connectivity index (χ1v) is 12.2. The lowest BCUT2D eigenvalue weighted by atomic mass is 9.95. The van der Waals surface area contributed by atoms with Crippen molar-refractivity contribution in [3.05, 3.63) is 36.2 Å². The van der Waals surface area contributed by atoms with Gasteiger partial charge in [-0.25, -0.2) is 9.97 Å². The average Bonchev–Trinajstić information content (AvgIpc) is 3.27. The predicted molar refractivity (Wildman–Crippen MR) is 117 cm³/mol. The Morgan fingerprint density at radius 1 is 1.03 bits per heavy atom. The molecule has 0 unspecified atom stereocenters. The van der Waals surface area contributed by atoms with Crippen molar-refractivity contribution in [3.8, 4) is 11.5 Å². The lowest BCUT2D eigenvalue weighted by Crippen LogP contribution is -2.39. The van der Waals surface area contributed by atoms with Crippen molar-refractivity contribution in [1.29, 1.82) is 4.78 Å². The van der Waals surface area contributed by atoms with E-state index in [0.29, 0.717) is 36.0 Å². The second kappa shape index (κ2) is 9.00. The smallest absolute Gasteiger partial charge is 0.225 e. The number of likely N-dealkylation sites (tertiary alicyclic amines) is 1. The number of aromatic nitrogens is 2. The topological polar surface area (TPSA) is 91.6 Å². The van der Waals surface area contributed by atoms with Crippen LogP contribution in [0.5, 0.6) is 11.5 Å². The molecular formula is C22H28N5O3S-. The summed E-state index contributed by atoms with van der Waals surface area (Å²) in [5.41, 5.74) is 1.33. The Kier molecular flexibility index (Phi) is 5.95. The summed E-state index contributed by atoms with van der Waals surface area (Å²) in [5, 5.41) is 0. The third-order valence-electron chi connectivity index (χ3n) is 6.53. The number of rotatable bonds is 5. The highest BCUT2D eigenvalue weighted by Gasteiger charge is 2.30. The van der Waals surface area contributed by atoms with Gasteiger partial charge in [0.05, 0.1) is 0 Å². The second-order valence-corrected chi connectivity index (χ2v) is 9.48. The highest BCUT2D eigenvalue weighted by atomic mass is 32.2. The molecule has 0 bridgehead atoms. The molecule has 2 saturated heterocycles. The lowest BCUT2D eigenvalue weighted by molar-refractivity contribution is 0.169. The Labute approximate surface area is 184 Å². The molecule has 9 heteroatoms. The summed E-state index contributed by atoms with van der Waals surface area (Å²) in [5.74, 6) is 3.07. The van der Waals surface area contributed by atoms with Gasteiger partial charge in [-0.1, -0.05) is 11.0 Å². The van der Waals surface area contributed by atoms with Crippen LogP contribution in [-0.4, -0.2) is 54.3 Å². The monoisotopic (exact) mass is 442 g/mol. The summed E-state index contributed by atoms with van der Waals surface area (Å²) >= 11 is 0. The number of hydrogen-bond acceptors (Lipinski definition) is 9. The lowest BCUT2D eigenvalue weighted by Gasteiger charge is -2.35. The Morgan fingerprint density at radius 3 is 2.52 bits per heavy atom. The third kappa shape index (κ3) is 4.48. The highest BCUT2D eigenvalue weighted by molar-refractivity contribution is 7.73. The van der Waals surface area contributed by atoms with Crippen LogP contribution in [0, 0.1) is 10.7 Å². The van der Waals surface area contributed by atoms with E-state index in [1.807, 2.05) is 0 Å². The number of nitrogens with zero attached hydrogens (tertiary/aromatic N) is 4. The van der Waals surface area contributed by atoms with E-state index in [1.165, 1.54) is 30.8 Å². The van der Waals surface area contributed by atoms with Gasteiger partial charge in [0.2, 0.25) is 5.95 Å². The number of nitrogens with one attached hydrogen (secondary N) is 1. The molecule has 1 aromatic heterocycles. The molecule has 1 N–H and O–H groups in total. The Bertz CT molecular complexity index is 981. The van der Waals surface area contributed by atoms with Crippen molar-refractivity contribution in [1.82, 2.24) is 14.9 Å². The van der Waals surface area contributed by atoms with E-state index in [2.05, 4.69) is 38.0 Å². The van der Waals surface area contributed by atoms with Gasteiger partial charge >= 0.3 is 0 Å². The molecule has 166 valence electrons. The first kappa shape index (κ1) is 20.5. The fourth-order valence-corrected chi connectivity index (χ4v) is 5.20. The van der Waals surface area contributed by atoms with Crippen molar-refractivity contribution in [3.63, 3.8) is 0 Å². The molecule has 0 aliphatic carbocycles. The Morgan fingerprint density at radius 2 is 1.77 bits per heavy atom. The Hall–Kier alpha value is -2.39. The number of benzene rings is 1. The molecule has 0 radical (unpaired) electrons. The van der Waals surface area contributed by atoms with Gasteiger partial charge in [-0.2, -0.15) is 10.6 Å². The standard InChI is InChI=1S/C22H28N5O3S/c23-31(28)18-13-24-22(25-14-18)26-8-5-16(6-9-26)15-27-7-1-2-19(27)17-3-4-20-21(12-17)30-11-10-29-20/h3-4,12-14,16,19,23H,1-2,5-11,15H2/q-1/t19-/m0/s1. The normalized spacial score (nSPS) is 22.2. The maximum atomic E-state index is 11.2. The first-order chi connectivity index (χ1) is 15.2. The first-order valence-electron chi connectivity index (χ1n) is 11.0. The minimum Gasteiger partial charge on any atom is -0.486 e. The van der Waals surface area contributed by atoms with Crippen LogP contribution < -0.4 is 14.4 Å². The van der Waals surface area contributed by atoms with E-state index in [1.54, 1.807) is 0 Å². The molecule has 4 heterocycles. The molecule has 0 spiro atoms. The van der Waals surface area contributed by atoms with Gasteiger partial charge in [-0.3, -0.25) is 4.90 Å². The van der Waals surface area contributed by atoms with Crippen molar-refractivity contribution >= 4 is 16.5 Å². The van der Waals surface area contributed by atoms with Crippen LogP contribution >= 0.6 is 0 Å². The second-order valence-electron chi connectivity index (χ2n) is 8.47. The van der Waals surface area contributed by atoms with Gasteiger partial charge in [0, 0.05) is 38.1 Å². The number of hydrogen-bond donors (Lipinski definition) is 1. The largest absolute Gasteiger partial charge is 0.486 e. The zero-order valence-corrected chi connectivity index (χ0v) is 18.4. The van der Waals surface area contributed by atoms with Crippen LogP contribution in [0.25, 0.3) is 0 Å². The van der Waals surface area contributed by atoms with E-state index >= 15 is 0 Å². The predicted octanol–water partition coefficient (Wildman–Crippen LogP) is 3.39. The van der Waals surface area contributed by atoms with Crippen molar-refractivity contribution in [2.24, 2.45) is 5.92 Å². The van der Waals surface area contributed by atoms with E-state index in [0.717, 1.165) is 50.5 Å². The summed E-state index contributed by atoms with van der Waals surface area (Å²) < 4.78 is 29.9. The summed E-state index contributed by atoms with van der Waals surface area (Å²) in [6.07, 6.45) is 7.64. The van der Waals surface area contributed by atoms with Gasteiger partial charge in [0.1, 0.15) is 13.2 Å². The zero-order valence-electron chi connectivity index (χ0n) is 17.5. The highest BCUT2D eigenvalue weighted by Crippen LogP contribution is 2.39. The zero-order chi connectivity index (χ0) is 21.2. The van der Waals surface area contributed by atoms with E-state index in [-0.39, 0.29) is 0 Å². The quantitative estimate of drug-likeness (QED) is 0.710. The van der Waals surface area contributed by atoms with Crippen LogP contribution in [0.15, 0.2) is 35.5 Å². The van der Waals surface area contributed by atoms with Crippen LogP contribution in [0.3, 0.4) is 0 Å². The maximum absolute atomic E-state index is 11.2. The van der Waals surface area contributed by atoms with E-state index in [4.69, 9.17) is 14.3 Å². The molecule has 1 aromatic carbocycles. The maximum Gasteiger partial charge on any atom is 0.225 e. The van der Waals surface area contributed by atoms with Gasteiger partial charge < -0.3 is 23.4 Å². The van der Waals surface area contributed by atoms with E-state index < -0.39 is 10.6 Å². The molecule has 1 atom stereocenters. The fourth-order valence-electron chi connectivity index (χ4n) is 4.90. The van der Waals surface area contributed by atoms with Gasteiger partial charge in [0.25, 0.3) is 0 Å². The van der Waals surface area contributed by atoms with Crippen molar-refractivity contribution in [2.75, 3.05) is 44.3 Å². The third-order valence-corrected chi connectivity index (χ3v) is 7.17. The molecule has 3 aliphatic heterocycles. The average molecular weight is 443 g/mol. The van der Waals surface area contributed by atoms with Crippen LogP contribution in [0.1, 0.15) is 37.3 Å².